The molecule has 1 rings (SSSR count). The molecule has 1 N–H and O–H groups in total. The second-order valence-corrected chi connectivity index (χ2v) is 2.70. The van der Waals surface area contributed by atoms with Gasteiger partial charge in [0, 0.05) is 18.9 Å². The van der Waals surface area contributed by atoms with E-state index in [0.717, 1.165) is 12.8 Å². The molecule has 0 aromatic heterocycles. The molecule has 0 aromatic rings. The molecule has 0 spiro atoms. The third-order valence-corrected chi connectivity index (χ3v) is 1.68. The topological polar surface area (TPSA) is 20.2 Å². The third-order valence-electron chi connectivity index (χ3n) is 1.68. The van der Waals surface area contributed by atoms with Gasteiger partial charge in [0.15, 0.2) is 0 Å². The van der Waals surface area contributed by atoms with Crippen molar-refractivity contribution in [2.45, 2.75) is 38.2 Å². The van der Waals surface area contributed by atoms with Crippen molar-refractivity contribution in [1.29, 1.82) is 0 Å². The van der Waals surface area contributed by atoms with E-state index in [0.29, 0.717) is 0 Å². The van der Waals surface area contributed by atoms with E-state index in [1.54, 1.807) is 0 Å². The van der Waals surface area contributed by atoms with Crippen LogP contribution in [0.5, 0.6) is 0 Å². The number of rotatable bonds is 0. The molecule has 1 nitrogen and oxygen atoms in total. The van der Waals surface area contributed by atoms with Crippen molar-refractivity contribution >= 4 is 18.9 Å². The summed E-state index contributed by atoms with van der Waals surface area (Å²) in [5.41, 5.74) is -0.306. The molecule has 0 aliphatic heterocycles. The molecule has 0 aromatic carbocycles. The number of hydrogen-bond donors (Lipinski definition) is 1. The first kappa shape index (κ1) is 8.56. The van der Waals surface area contributed by atoms with Gasteiger partial charge in [-0.15, -0.1) is 0 Å². The van der Waals surface area contributed by atoms with Crippen molar-refractivity contribution in [1.82, 2.24) is 0 Å². The molecule has 0 atom stereocenters. The van der Waals surface area contributed by atoms with Gasteiger partial charge in [-0.2, -0.15) is 0 Å². The van der Waals surface area contributed by atoms with Gasteiger partial charge in [0.05, 0.1) is 5.60 Å². The quantitative estimate of drug-likeness (QED) is 0.456. The first-order chi connectivity index (χ1) is 3.21. The van der Waals surface area contributed by atoms with E-state index in [-0.39, 0.29) is 24.5 Å². The standard InChI is InChI=1S/C6H12O.Li/c1-6(7)4-2-3-5-6;/h7H,2-5H2,1H3;. The summed E-state index contributed by atoms with van der Waals surface area (Å²) in [5, 5.41) is 9.19. The Hall–Kier alpha value is 0.557. The minimum absolute atomic E-state index is 0. The van der Waals surface area contributed by atoms with Crippen LogP contribution in [0.3, 0.4) is 0 Å². The van der Waals surface area contributed by atoms with E-state index in [1.165, 1.54) is 12.8 Å². The molecule has 1 radical (unpaired) electrons. The molecule has 0 heterocycles. The van der Waals surface area contributed by atoms with Crippen molar-refractivity contribution in [2.75, 3.05) is 0 Å². The van der Waals surface area contributed by atoms with Crippen LogP contribution in [0.4, 0.5) is 0 Å². The predicted molar refractivity (Wildman–Crippen MR) is 34.8 cm³/mol. The van der Waals surface area contributed by atoms with Gasteiger partial charge in [0.1, 0.15) is 0 Å². The maximum absolute atomic E-state index is 9.19. The van der Waals surface area contributed by atoms with Crippen molar-refractivity contribution in [2.24, 2.45) is 0 Å². The van der Waals surface area contributed by atoms with Gasteiger partial charge in [0.25, 0.3) is 0 Å². The molecule has 0 unspecified atom stereocenters. The number of hydrogen-bond acceptors (Lipinski definition) is 1. The normalized spacial score (nSPS) is 24.8. The van der Waals surface area contributed by atoms with Crippen molar-refractivity contribution in [3.8, 4) is 0 Å². The van der Waals surface area contributed by atoms with E-state index in [4.69, 9.17) is 0 Å². The first-order valence-corrected chi connectivity index (χ1v) is 2.93. The Morgan fingerprint density at radius 2 is 1.62 bits per heavy atom. The Kier molecular flexibility index (Phi) is 3.12. The zero-order valence-electron chi connectivity index (χ0n) is 5.78. The van der Waals surface area contributed by atoms with Gasteiger partial charge in [-0.1, -0.05) is 12.8 Å². The molecule has 1 fully saturated rings. The van der Waals surface area contributed by atoms with Crippen LogP contribution >= 0.6 is 0 Å². The second-order valence-electron chi connectivity index (χ2n) is 2.70. The maximum Gasteiger partial charge on any atom is 0.0619 e. The van der Waals surface area contributed by atoms with Crippen LogP contribution in [0.25, 0.3) is 0 Å². The fourth-order valence-electron chi connectivity index (χ4n) is 1.14. The Morgan fingerprint density at radius 3 is 1.75 bits per heavy atom. The molecule has 43 valence electrons. The van der Waals surface area contributed by atoms with Crippen molar-refractivity contribution in [3.63, 3.8) is 0 Å². The third kappa shape index (κ3) is 2.22. The van der Waals surface area contributed by atoms with Gasteiger partial charge in [-0.3, -0.25) is 0 Å². The molecule has 1 aliphatic rings. The molecular weight excluding hydrogens is 95.0 g/mol. The largest absolute Gasteiger partial charge is 0.390 e. The summed E-state index contributed by atoms with van der Waals surface area (Å²) in [6.45, 7) is 1.92. The summed E-state index contributed by atoms with van der Waals surface area (Å²) in [5.74, 6) is 0. The Balaban J connectivity index is 0.000000490. The van der Waals surface area contributed by atoms with E-state index < -0.39 is 0 Å². The van der Waals surface area contributed by atoms with Crippen LogP contribution in [0.2, 0.25) is 0 Å². The molecule has 0 bridgehead atoms. The SMILES string of the molecule is CC1(O)CCCC1.[Li]. The second kappa shape index (κ2) is 2.92. The molecule has 8 heavy (non-hydrogen) atoms. The summed E-state index contributed by atoms with van der Waals surface area (Å²) >= 11 is 0. The van der Waals surface area contributed by atoms with Crippen LogP contribution in [0, 0.1) is 0 Å². The molecule has 1 saturated carbocycles. The van der Waals surface area contributed by atoms with Crippen LogP contribution in [0.15, 0.2) is 0 Å². The van der Waals surface area contributed by atoms with Gasteiger partial charge in [0.2, 0.25) is 0 Å². The molecule has 2 heteroatoms. The van der Waals surface area contributed by atoms with E-state index in [9.17, 15) is 5.11 Å². The summed E-state index contributed by atoms with van der Waals surface area (Å²) < 4.78 is 0. The van der Waals surface area contributed by atoms with Gasteiger partial charge < -0.3 is 5.11 Å². The molecular formula is C6H12LiO. The summed E-state index contributed by atoms with van der Waals surface area (Å²) in [4.78, 5) is 0. The van der Waals surface area contributed by atoms with Crippen LogP contribution in [-0.2, 0) is 0 Å². The van der Waals surface area contributed by atoms with Gasteiger partial charge >= 0.3 is 0 Å². The Morgan fingerprint density at radius 1 is 1.25 bits per heavy atom. The molecule has 0 saturated heterocycles. The van der Waals surface area contributed by atoms with Crippen molar-refractivity contribution < 1.29 is 5.11 Å². The Bertz CT molecular complexity index is 62.9. The Labute approximate surface area is 62.6 Å². The summed E-state index contributed by atoms with van der Waals surface area (Å²) in [6.07, 6.45) is 4.44. The van der Waals surface area contributed by atoms with E-state index >= 15 is 0 Å². The minimum Gasteiger partial charge on any atom is -0.390 e. The van der Waals surface area contributed by atoms with Crippen LogP contribution < -0.4 is 0 Å². The molecule has 1 aliphatic carbocycles. The van der Waals surface area contributed by atoms with Crippen LogP contribution in [0.1, 0.15) is 32.6 Å². The average molecular weight is 107 g/mol. The van der Waals surface area contributed by atoms with Crippen LogP contribution in [-0.4, -0.2) is 29.6 Å². The zero-order valence-corrected chi connectivity index (χ0v) is 5.78. The van der Waals surface area contributed by atoms with E-state index in [2.05, 4.69) is 0 Å². The predicted octanol–water partition coefficient (Wildman–Crippen LogP) is 0.931. The molecule has 0 amide bonds. The van der Waals surface area contributed by atoms with Gasteiger partial charge in [-0.25, -0.2) is 0 Å². The maximum atomic E-state index is 9.19. The fourth-order valence-corrected chi connectivity index (χ4v) is 1.14. The number of aliphatic hydroxyl groups is 1. The zero-order chi connectivity index (χ0) is 5.33. The summed E-state index contributed by atoms with van der Waals surface area (Å²) in [6, 6.07) is 0. The summed E-state index contributed by atoms with van der Waals surface area (Å²) in [7, 11) is 0. The first-order valence-electron chi connectivity index (χ1n) is 2.93. The van der Waals surface area contributed by atoms with Gasteiger partial charge in [-0.05, 0) is 19.8 Å². The monoisotopic (exact) mass is 107 g/mol. The smallest absolute Gasteiger partial charge is 0.0619 e. The van der Waals surface area contributed by atoms with Crippen molar-refractivity contribution in [3.05, 3.63) is 0 Å². The van der Waals surface area contributed by atoms with E-state index in [1.807, 2.05) is 6.92 Å². The minimum atomic E-state index is -0.306. The fraction of sp³-hybridized carbons (Fsp3) is 1.00. The average Bonchev–Trinajstić information content (AvgIpc) is 1.84.